The van der Waals surface area contributed by atoms with Crippen LogP contribution >= 0.6 is 0 Å². The maximum Gasteiger partial charge on any atom is 0.145 e. The number of ether oxygens (including phenoxy) is 1. The Kier molecular flexibility index (Phi) is 3.62. The van der Waals surface area contributed by atoms with Gasteiger partial charge in [-0.3, -0.25) is 0 Å². The van der Waals surface area contributed by atoms with E-state index in [0.29, 0.717) is 11.4 Å². The number of nitrogens with one attached hydrogen (secondary N) is 2. The summed E-state index contributed by atoms with van der Waals surface area (Å²) in [6.45, 7) is 0. The van der Waals surface area contributed by atoms with Crippen molar-refractivity contribution in [3.63, 3.8) is 0 Å². The van der Waals surface area contributed by atoms with Gasteiger partial charge in [0, 0.05) is 31.1 Å². The number of aromatic nitrogens is 1. The van der Waals surface area contributed by atoms with Crippen molar-refractivity contribution in [2.45, 2.75) is 0 Å². The highest BCUT2D eigenvalue weighted by Crippen LogP contribution is 2.28. The number of benzene rings is 1. The van der Waals surface area contributed by atoms with E-state index in [1.165, 1.54) is 19.2 Å². The van der Waals surface area contributed by atoms with Gasteiger partial charge in [0.15, 0.2) is 0 Å². The first-order valence-electron chi connectivity index (χ1n) is 5.47. The minimum atomic E-state index is -0.331. The summed E-state index contributed by atoms with van der Waals surface area (Å²) in [6, 6.07) is 8.02. The van der Waals surface area contributed by atoms with Crippen LogP contribution in [0, 0.1) is 5.82 Å². The second kappa shape index (κ2) is 5.35. The molecular formula is C13H14FN3O. The Morgan fingerprint density at radius 2 is 2.06 bits per heavy atom. The monoisotopic (exact) mass is 247 g/mol. The molecule has 0 aliphatic rings. The van der Waals surface area contributed by atoms with E-state index >= 15 is 0 Å². The van der Waals surface area contributed by atoms with E-state index in [1.807, 2.05) is 12.1 Å². The molecule has 0 bridgehead atoms. The first-order chi connectivity index (χ1) is 8.72. The summed E-state index contributed by atoms with van der Waals surface area (Å²) in [5.74, 6) is 0.877. The van der Waals surface area contributed by atoms with Crippen LogP contribution in [0.1, 0.15) is 0 Å². The Balaban J connectivity index is 2.27. The summed E-state index contributed by atoms with van der Waals surface area (Å²) < 4.78 is 18.2. The number of hydrogen-bond acceptors (Lipinski definition) is 4. The molecule has 0 radical (unpaired) electrons. The molecule has 2 aromatic rings. The summed E-state index contributed by atoms with van der Waals surface area (Å²) in [7, 11) is 3.30. The first-order valence-corrected chi connectivity index (χ1v) is 5.47. The predicted octanol–water partition coefficient (Wildman–Crippen LogP) is 3.01. The molecule has 94 valence electrons. The molecule has 0 aliphatic heterocycles. The van der Waals surface area contributed by atoms with Gasteiger partial charge in [0.2, 0.25) is 0 Å². The molecule has 0 amide bonds. The standard InChI is InChI=1S/C13H14FN3O/c1-15-13-8-10(5-6-16-13)17-11-4-3-9(14)7-12(11)18-2/h3-8H,1-2H3,(H2,15,16,17). The number of hydrogen-bond donors (Lipinski definition) is 2. The summed E-state index contributed by atoms with van der Waals surface area (Å²) >= 11 is 0. The smallest absolute Gasteiger partial charge is 0.145 e. The molecule has 2 rings (SSSR count). The van der Waals surface area contributed by atoms with Crippen LogP contribution in [-0.4, -0.2) is 19.1 Å². The maximum atomic E-state index is 13.1. The number of anilines is 3. The van der Waals surface area contributed by atoms with E-state index in [0.717, 1.165) is 11.5 Å². The van der Waals surface area contributed by atoms with Crippen LogP contribution in [0.4, 0.5) is 21.6 Å². The molecule has 0 atom stereocenters. The quantitative estimate of drug-likeness (QED) is 0.871. The maximum absolute atomic E-state index is 13.1. The molecular weight excluding hydrogens is 233 g/mol. The molecule has 1 aromatic heterocycles. The molecule has 1 heterocycles. The normalized spacial score (nSPS) is 9.94. The van der Waals surface area contributed by atoms with Crippen LogP contribution in [0.5, 0.6) is 5.75 Å². The SMILES string of the molecule is CNc1cc(Nc2ccc(F)cc2OC)ccn1. The van der Waals surface area contributed by atoms with Crippen LogP contribution in [-0.2, 0) is 0 Å². The average molecular weight is 247 g/mol. The van der Waals surface area contributed by atoms with Crippen LogP contribution in [0.3, 0.4) is 0 Å². The van der Waals surface area contributed by atoms with Gasteiger partial charge in [-0.1, -0.05) is 0 Å². The fraction of sp³-hybridized carbons (Fsp3) is 0.154. The van der Waals surface area contributed by atoms with Gasteiger partial charge in [0.1, 0.15) is 17.4 Å². The Bertz CT molecular complexity index is 546. The Hall–Kier alpha value is -2.30. The van der Waals surface area contributed by atoms with Crippen molar-refractivity contribution in [3.8, 4) is 5.75 Å². The van der Waals surface area contributed by atoms with Gasteiger partial charge < -0.3 is 15.4 Å². The van der Waals surface area contributed by atoms with E-state index in [2.05, 4.69) is 15.6 Å². The molecule has 1 aromatic carbocycles. The van der Waals surface area contributed by atoms with Crippen molar-refractivity contribution >= 4 is 17.2 Å². The number of methoxy groups -OCH3 is 1. The van der Waals surface area contributed by atoms with Gasteiger partial charge in [-0.2, -0.15) is 0 Å². The van der Waals surface area contributed by atoms with Gasteiger partial charge in [-0.15, -0.1) is 0 Å². The largest absolute Gasteiger partial charge is 0.494 e. The number of pyridine rings is 1. The fourth-order valence-electron chi connectivity index (χ4n) is 1.57. The van der Waals surface area contributed by atoms with E-state index < -0.39 is 0 Å². The lowest BCUT2D eigenvalue weighted by molar-refractivity contribution is 0.413. The summed E-state index contributed by atoms with van der Waals surface area (Å²) in [4.78, 5) is 4.11. The molecule has 0 saturated carbocycles. The Labute approximate surface area is 105 Å². The number of nitrogens with zero attached hydrogens (tertiary/aromatic N) is 1. The molecule has 2 N–H and O–H groups in total. The van der Waals surface area contributed by atoms with Crippen LogP contribution in [0.25, 0.3) is 0 Å². The molecule has 0 unspecified atom stereocenters. The second-order valence-electron chi connectivity index (χ2n) is 3.65. The van der Waals surface area contributed by atoms with Crippen molar-refractivity contribution < 1.29 is 9.13 Å². The fourth-order valence-corrected chi connectivity index (χ4v) is 1.57. The molecule has 0 fully saturated rings. The van der Waals surface area contributed by atoms with E-state index in [-0.39, 0.29) is 5.82 Å². The van der Waals surface area contributed by atoms with Crippen molar-refractivity contribution in [3.05, 3.63) is 42.3 Å². The van der Waals surface area contributed by atoms with Gasteiger partial charge >= 0.3 is 0 Å². The first kappa shape index (κ1) is 12.2. The van der Waals surface area contributed by atoms with E-state index in [4.69, 9.17) is 4.74 Å². The van der Waals surface area contributed by atoms with Crippen LogP contribution in [0.15, 0.2) is 36.5 Å². The Morgan fingerprint density at radius 3 is 2.78 bits per heavy atom. The van der Waals surface area contributed by atoms with Gasteiger partial charge in [-0.25, -0.2) is 9.37 Å². The summed E-state index contributed by atoms with van der Waals surface area (Å²) in [5.41, 5.74) is 1.55. The highest BCUT2D eigenvalue weighted by Gasteiger charge is 2.05. The molecule has 0 saturated heterocycles. The van der Waals surface area contributed by atoms with Gasteiger partial charge in [0.25, 0.3) is 0 Å². The molecule has 5 heteroatoms. The van der Waals surface area contributed by atoms with Crippen molar-refractivity contribution in [2.75, 3.05) is 24.8 Å². The minimum absolute atomic E-state index is 0.331. The number of halogens is 1. The third kappa shape index (κ3) is 2.68. The molecule has 0 spiro atoms. The highest BCUT2D eigenvalue weighted by atomic mass is 19.1. The third-order valence-electron chi connectivity index (χ3n) is 2.46. The van der Waals surface area contributed by atoms with Crippen molar-refractivity contribution in [1.29, 1.82) is 0 Å². The average Bonchev–Trinajstić information content (AvgIpc) is 2.41. The lowest BCUT2D eigenvalue weighted by Gasteiger charge is -2.11. The van der Waals surface area contributed by atoms with Gasteiger partial charge in [0.05, 0.1) is 12.8 Å². The van der Waals surface area contributed by atoms with Gasteiger partial charge in [-0.05, 0) is 18.2 Å². The molecule has 18 heavy (non-hydrogen) atoms. The summed E-state index contributed by atoms with van der Waals surface area (Å²) in [6.07, 6.45) is 1.68. The minimum Gasteiger partial charge on any atom is -0.494 e. The third-order valence-corrected chi connectivity index (χ3v) is 2.46. The summed E-state index contributed by atoms with van der Waals surface area (Å²) in [5, 5.41) is 6.10. The molecule has 0 aliphatic carbocycles. The lowest BCUT2D eigenvalue weighted by atomic mass is 10.2. The Morgan fingerprint density at radius 1 is 1.22 bits per heavy atom. The topological polar surface area (TPSA) is 46.2 Å². The zero-order valence-electron chi connectivity index (χ0n) is 10.2. The van der Waals surface area contributed by atoms with E-state index in [1.54, 1.807) is 19.3 Å². The zero-order chi connectivity index (χ0) is 13.0. The highest BCUT2D eigenvalue weighted by molar-refractivity contribution is 5.67. The molecule has 4 nitrogen and oxygen atoms in total. The van der Waals surface area contributed by atoms with Crippen molar-refractivity contribution in [1.82, 2.24) is 4.98 Å². The van der Waals surface area contributed by atoms with Crippen molar-refractivity contribution in [2.24, 2.45) is 0 Å². The predicted molar refractivity (Wildman–Crippen MR) is 70.0 cm³/mol. The second-order valence-corrected chi connectivity index (χ2v) is 3.65. The van der Waals surface area contributed by atoms with Crippen LogP contribution in [0.2, 0.25) is 0 Å². The van der Waals surface area contributed by atoms with Crippen LogP contribution < -0.4 is 15.4 Å². The van der Waals surface area contributed by atoms with E-state index in [9.17, 15) is 4.39 Å². The number of rotatable bonds is 4. The lowest BCUT2D eigenvalue weighted by Crippen LogP contribution is -1.97. The zero-order valence-corrected chi connectivity index (χ0v) is 10.2.